The molecule has 0 fully saturated rings. The van der Waals surface area contributed by atoms with E-state index in [1.165, 1.54) is 6.20 Å². The predicted octanol–water partition coefficient (Wildman–Crippen LogP) is 3.58. The van der Waals surface area contributed by atoms with E-state index in [0.29, 0.717) is 36.0 Å². The molecule has 0 aliphatic carbocycles. The fraction of sp³-hybridized carbons (Fsp3) is 0.263. The number of H-pyrrole nitrogens is 1. The Labute approximate surface area is 187 Å². The molecule has 3 heterocycles. The molecule has 1 aromatic carbocycles. The van der Waals surface area contributed by atoms with Gasteiger partial charge >= 0.3 is 6.18 Å². The SMILES string of the molecule is O=c1[nH]ncc(N2CCc3c(nc(CO)nc3Sc3ccc(F)cc3C(F)(F)F)C2)c1Cl. The Kier molecular flexibility index (Phi) is 6.10. The number of halogens is 5. The molecule has 4 rings (SSSR count). The normalized spacial score (nSPS) is 13.9. The molecule has 0 spiro atoms. The summed E-state index contributed by atoms with van der Waals surface area (Å²) in [4.78, 5) is 21.8. The largest absolute Gasteiger partial charge is 0.417 e. The van der Waals surface area contributed by atoms with E-state index in [4.69, 9.17) is 11.6 Å². The molecule has 1 aliphatic rings. The number of hydrogen-bond donors (Lipinski definition) is 2. The van der Waals surface area contributed by atoms with Crippen LogP contribution in [0.2, 0.25) is 5.02 Å². The van der Waals surface area contributed by atoms with Crippen LogP contribution in [0.5, 0.6) is 0 Å². The molecule has 2 aromatic heterocycles. The van der Waals surface area contributed by atoms with E-state index in [1.807, 2.05) is 0 Å². The van der Waals surface area contributed by atoms with Crippen LogP contribution in [0, 0.1) is 5.82 Å². The van der Waals surface area contributed by atoms with E-state index in [-0.39, 0.29) is 27.3 Å². The zero-order valence-corrected chi connectivity index (χ0v) is 17.7. The molecule has 1 aliphatic heterocycles. The summed E-state index contributed by atoms with van der Waals surface area (Å²) in [5.41, 5.74) is -0.197. The minimum Gasteiger partial charge on any atom is -0.388 e. The molecule has 32 heavy (non-hydrogen) atoms. The number of rotatable bonds is 4. The average Bonchev–Trinajstić information content (AvgIpc) is 2.75. The fourth-order valence-electron chi connectivity index (χ4n) is 3.32. The summed E-state index contributed by atoms with van der Waals surface area (Å²) in [7, 11) is 0. The van der Waals surface area contributed by atoms with Crippen LogP contribution in [0.25, 0.3) is 0 Å². The predicted molar refractivity (Wildman–Crippen MR) is 108 cm³/mol. The lowest BCUT2D eigenvalue weighted by molar-refractivity contribution is -0.139. The minimum atomic E-state index is -4.75. The third-order valence-electron chi connectivity index (χ3n) is 4.79. The van der Waals surface area contributed by atoms with Crippen LogP contribution in [0.1, 0.15) is 22.6 Å². The molecule has 0 bridgehead atoms. The first kappa shape index (κ1) is 22.5. The van der Waals surface area contributed by atoms with Gasteiger partial charge in [-0.3, -0.25) is 4.79 Å². The lowest BCUT2D eigenvalue weighted by Gasteiger charge is -2.31. The van der Waals surface area contributed by atoms with Crippen molar-refractivity contribution in [3.63, 3.8) is 0 Å². The van der Waals surface area contributed by atoms with Gasteiger partial charge in [-0.05, 0) is 24.6 Å². The fourth-order valence-corrected chi connectivity index (χ4v) is 4.65. The summed E-state index contributed by atoms with van der Waals surface area (Å²) in [6.45, 7) is 0.0330. The summed E-state index contributed by atoms with van der Waals surface area (Å²) in [5, 5.41) is 15.7. The first-order valence-electron chi connectivity index (χ1n) is 9.19. The van der Waals surface area contributed by atoms with Crippen LogP contribution in [0.3, 0.4) is 0 Å². The Morgan fingerprint density at radius 3 is 2.78 bits per heavy atom. The van der Waals surface area contributed by atoms with Crippen molar-refractivity contribution < 1.29 is 22.7 Å². The summed E-state index contributed by atoms with van der Waals surface area (Å²) in [6, 6.07) is 2.43. The molecule has 0 atom stereocenters. The Morgan fingerprint density at radius 1 is 1.28 bits per heavy atom. The number of alkyl halides is 3. The lowest BCUT2D eigenvalue weighted by atomic mass is 10.1. The van der Waals surface area contributed by atoms with Gasteiger partial charge in [-0.1, -0.05) is 23.4 Å². The highest BCUT2D eigenvalue weighted by molar-refractivity contribution is 7.99. The van der Waals surface area contributed by atoms with Gasteiger partial charge in [0.1, 0.15) is 22.5 Å². The smallest absolute Gasteiger partial charge is 0.388 e. The van der Waals surface area contributed by atoms with Crippen LogP contribution < -0.4 is 10.5 Å². The zero-order valence-electron chi connectivity index (χ0n) is 16.1. The van der Waals surface area contributed by atoms with Crippen molar-refractivity contribution in [1.29, 1.82) is 0 Å². The second kappa shape index (κ2) is 8.68. The summed E-state index contributed by atoms with van der Waals surface area (Å²) < 4.78 is 53.7. The maximum Gasteiger partial charge on any atom is 0.417 e. The van der Waals surface area contributed by atoms with Gasteiger partial charge in [0.05, 0.1) is 29.7 Å². The average molecular weight is 488 g/mol. The number of nitrogens with one attached hydrogen (secondary N) is 1. The summed E-state index contributed by atoms with van der Waals surface area (Å²) >= 11 is 6.82. The Balaban J connectivity index is 1.73. The van der Waals surface area contributed by atoms with E-state index in [2.05, 4.69) is 20.2 Å². The maximum atomic E-state index is 13.5. The number of fused-ring (bicyclic) bond motifs is 1. The number of aromatic nitrogens is 4. The van der Waals surface area contributed by atoms with Crippen LogP contribution in [-0.4, -0.2) is 31.8 Å². The monoisotopic (exact) mass is 487 g/mol. The number of benzene rings is 1. The number of nitrogens with zero attached hydrogens (tertiary/aromatic N) is 4. The molecule has 0 unspecified atom stereocenters. The lowest BCUT2D eigenvalue weighted by Crippen LogP contribution is -2.33. The van der Waals surface area contributed by atoms with E-state index in [1.54, 1.807) is 4.90 Å². The number of aliphatic hydroxyl groups excluding tert-OH is 1. The van der Waals surface area contributed by atoms with Crippen molar-refractivity contribution in [2.45, 2.75) is 35.7 Å². The molecular weight excluding hydrogens is 474 g/mol. The molecule has 2 N–H and O–H groups in total. The standard InChI is InChI=1S/C19H14ClF4N5O2S/c20-16-13(6-25-28-17(16)31)29-4-3-10-12(7-29)26-15(8-30)27-18(10)32-14-2-1-9(21)5-11(14)19(22,23)24/h1-2,5-6,30H,3-4,7-8H2,(H,28,31). The molecular formula is C19H14ClF4N5O2S. The zero-order chi connectivity index (χ0) is 23.0. The van der Waals surface area contributed by atoms with Crippen molar-refractivity contribution in [2.75, 3.05) is 11.4 Å². The number of hydrogen-bond acceptors (Lipinski definition) is 7. The van der Waals surface area contributed by atoms with Gasteiger partial charge in [-0.15, -0.1) is 0 Å². The number of aliphatic hydroxyl groups is 1. The number of anilines is 1. The topological polar surface area (TPSA) is 95.0 Å². The van der Waals surface area contributed by atoms with Crippen molar-refractivity contribution in [2.24, 2.45) is 0 Å². The summed E-state index contributed by atoms with van der Waals surface area (Å²) in [5.74, 6) is -0.972. The van der Waals surface area contributed by atoms with Gasteiger partial charge in [-0.25, -0.2) is 19.5 Å². The molecule has 3 aromatic rings. The van der Waals surface area contributed by atoms with Crippen molar-refractivity contribution >= 4 is 29.1 Å². The van der Waals surface area contributed by atoms with Crippen LogP contribution in [0.15, 0.2) is 39.1 Å². The Bertz CT molecular complexity index is 1240. The van der Waals surface area contributed by atoms with Gasteiger partial charge in [-0.2, -0.15) is 18.3 Å². The quantitative estimate of drug-likeness (QED) is 0.429. The second-order valence-corrected chi connectivity index (χ2v) is 8.25. The van der Waals surface area contributed by atoms with Crippen molar-refractivity contribution in [3.8, 4) is 0 Å². The van der Waals surface area contributed by atoms with Crippen molar-refractivity contribution in [3.05, 3.63) is 68.2 Å². The van der Waals surface area contributed by atoms with Gasteiger partial charge in [0.25, 0.3) is 5.56 Å². The van der Waals surface area contributed by atoms with Crippen LogP contribution in [-0.2, 0) is 25.7 Å². The molecule has 7 nitrogen and oxygen atoms in total. The van der Waals surface area contributed by atoms with E-state index in [0.717, 1.165) is 23.9 Å². The molecule has 13 heteroatoms. The summed E-state index contributed by atoms with van der Waals surface area (Å²) in [6.07, 6.45) is -3.01. The highest BCUT2D eigenvalue weighted by Crippen LogP contribution is 2.41. The second-order valence-electron chi connectivity index (χ2n) is 6.84. The van der Waals surface area contributed by atoms with Gasteiger partial charge < -0.3 is 10.0 Å². The maximum absolute atomic E-state index is 13.5. The van der Waals surface area contributed by atoms with Crippen LogP contribution >= 0.6 is 23.4 Å². The first-order valence-corrected chi connectivity index (χ1v) is 10.4. The third-order valence-corrected chi connectivity index (χ3v) is 6.26. The van der Waals surface area contributed by atoms with E-state index < -0.39 is 29.7 Å². The molecule has 0 saturated heterocycles. The van der Waals surface area contributed by atoms with Crippen LogP contribution in [0.4, 0.5) is 23.2 Å². The molecule has 0 amide bonds. The Hall–Kier alpha value is -2.70. The first-order chi connectivity index (χ1) is 15.2. The molecule has 168 valence electrons. The van der Waals surface area contributed by atoms with E-state index in [9.17, 15) is 27.5 Å². The van der Waals surface area contributed by atoms with Gasteiger partial charge in [0, 0.05) is 17.0 Å². The number of aromatic amines is 1. The van der Waals surface area contributed by atoms with E-state index >= 15 is 0 Å². The molecule has 0 radical (unpaired) electrons. The highest BCUT2D eigenvalue weighted by atomic mass is 35.5. The Morgan fingerprint density at radius 2 is 2.06 bits per heavy atom. The van der Waals surface area contributed by atoms with Crippen molar-refractivity contribution in [1.82, 2.24) is 20.2 Å². The highest BCUT2D eigenvalue weighted by Gasteiger charge is 2.35. The molecule has 0 saturated carbocycles. The van der Waals surface area contributed by atoms with Gasteiger partial charge in [0.15, 0.2) is 5.82 Å². The van der Waals surface area contributed by atoms with Gasteiger partial charge in [0.2, 0.25) is 0 Å². The third kappa shape index (κ3) is 4.43. The minimum absolute atomic E-state index is 0.0268.